The molecule has 21 heavy (non-hydrogen) atoms. The van der Waals surface area contributed by atoms with Crippen LogP contribution < -0.4 is 0 Å². The van der Waals surface area contributed by atoms with Gasteiger partial charge in [-0.25, -0.2) is 0 Å². The largest absolute Gasteiger partial charge is 0.303 e. The van der Waals surface area contributed by atoms with Crippen molar-refractivity contribution in [3.63, 3.8) is 0 Å². The first-order valence-electron chi connectivity index (χ1n) is 7.54. The highest BCUT2D eigenvalue weighted by atomic mass is 35.5. The van der Waals surface area contributed by atoms with Gasteiger partial charge in [0.05, 0.1) is 0 Å². The second-order valence-corrected chi connectivity index (χ2v) is 5.61. The summed E-state index contributed by atoms with van der Waals surface area (Å²) < 4.78 is 0. The topological polar surface area (TPSA) is 3.24 Å². The maximum absolute atomic E-state index is 2.47. The molecular weight excluding hydrogens is 278 g/mol. The summed E-state index contributed by atoms with van der Waals surface area (Å²) in [6.45, 7) is 3.47. The van der Waals surface area contributed by atoms with Crippen molar-refractivity contribution in [2.75, 3.05) is 13.6 Å². The fourth-order valence-electron chi connectivity index (χ4n) is 2.51. The smallest absolute Gasteiger partial charge is 0.0104 e. The monoisotopic (exact) mass is 303 g/mol. The van der Waals surface area contributed by atoms with Crippen molar-refractivity contribution >= 4 is 12.4 Å². The number of aryl methyl sites for hydroxylation is 1. The third-order valence-corrected chi connectivity index (χ3v) is 3.95. The average molecular weight is 304 g/mol. The molecular formula is C19H26ClN. The molecule has 0 N–H and O–H groups in total. The number of benzene rings is 2. The summed E-state index contributed by atoms with van der Waals surface area (Å²) in [6.07, 6.45) is 3.52. The zero-order chi connectivity index (χ0) is 14.2. The molecule has 1 unspecified atom stereocenters. The Labute approximate surface area is 135 Å². The molecule has 0 heterocycles. The molecule has 2 aromatic rings. The minimum Gasteiger partial charge on any atom is -0.303 e. The molecule has 114 valence electrons. The third kappa shape index (κ3) is 6.33. The number of hydrogen-bond acceptors (Lipinski definition) is 1. The van der Waals surface area contributed by atoms with Crippen LogP contribution in [0.1, 0.15) is 24.5 Å². The van der Waals surface area contributed by atoms with E-state index in [1.54, 1.807) is 0 Å². The van der Waals surface area contributed by atoms with E-state index in [-0.39, 0.29) is 12.4 Å². The van der Waals surface area contributed by atoms with Gasteiger partial charge in [-0.05, 0) is 50.9 Å². The minimum atomic E-state index is 0. The molecule has 1 nitrogen and oxygen atoms in total. The Hall–Kier alpha value is -1.31. The van der Waals surface area contributed by atoms with Crippen LogP contribution in [0.2, 0.25) is 0 Å². The first-order chi connectivity index (χ1) is 9.75. The molecule has 0 aliphatic rings. The Bertz CT molecular complexity index is 483. The summed E-state index contributed by atoms with van der Waals surface area (Å²) in [6, 6.07) is 22.1. The quantitative estimate of drug-likeness (QED) is 0.722. The number of nitrogens with zero attached hydrogens (tertiary/aromatic N) is 1. The van der Waals surface area contributed by atoms with E-state index in [2.05, 4.69) is 79.5 Å². The van der Waals surface area contributed by atoms with E-state index in [0.717, 1.165) is 13.0 Å². The molecule has 2 rings (SSSR count). The van der Waals surface area contributed by atoms with Gasteiger partial charge in [0.15, 0.2) is 0 Å². The zero-order valence-corrected chi connectivity index (χ0v) is 13.9. The maximum Gasteiger partial charge on any atom is 0.0104 e. The lowest BCUT2D eigenvalue weighted by atomic mass is 10.1. The Morgan fingerprint density at radius 2 is 1.38 bits per heavy atom. The number of hydrogen-bond donors (Lipinski definition) is 0. The van der Waals surface area contributed by atoms with Gasteiger partial charge in [0.1, 0.15) is 0 Å². The summed E-state index contributed by atoms with van der Waals surface area (Å²) in [5.41, 5.74) is 2.87. The van der Waals surface area contributed by atoms with E-state index in [1.807, 2.05) is 0 Å². The molecule has 0 radical (unpaired) electrons. The highest BCUT2D eigenvalue weighted by molar-refractivity contribution is 5.85. The summed E-state index contributed by atoms with van der Waals surface area (Å²) in [5.74, 6) is 0. The molecule has 2 heteroatoms. The van der Waals surface area contributed by atoms with Crippen molar-refractivity contribution < 1.29 is 0 Å². The summed E-state index contributed by atoms with van der Waals surface area (Å²) >= 11 is 0. The van der Waals surface area contributed by atoms with Crippen molar-refractivity contribution in [3.8, 4) is 0 Å². The van der Waals surface area contributed by atoms with Crippen molar-refractivity contribution in [2.24, 2.45) is 0 Å². The average Bonchev–Trinajstić information content (AvgIpc) is 2.49. The lowest BCUT2D eigenvalue weighted by molar-refractivity contribution is 0.253. The molecule has 2 aromatic carbocycles. The molecule has 0 bridgehead atoms. The minimum absolute atomic E-state index is 0. The lowest BCUT2D eigenvalue weighted by Crippen LogP contribution is -2.31. The molecule has 0 saturated heterocycles. The van der Waals surface area contributed by atoms with Gasteiger partial charge in [-0.1, -0.05) is 60.7 Å². The summed E-state index contributed by atoms with van der Waals surface area (Å²) in [5, 5.41) is 0. The van der Waals surface area contributed by atoms with Crippen LogP contribution in [0.4, 0.5) is 0 Å². The van der Waals surface area contributed by atoms with E-state index in [9.17, 15) is 0 Å². The van der Waals surface area contributed by atoms with Gasteiger partial charge in [-0.15, -0.1) is 12.4 Å². The van der Waals surface area contributed by atoms with Crippen molar-refractivity contribution in [1.29, 1.82) is 0 Å². The Morgan fingerprint density at radius 3 is 1.95 bits per heavy atom. The molecule has 0 aliphatic carbocycles. The van der Waals surface area contributed by atoms with Crippen LogP contribution in [0.3, 0.4) is 0 Å². The zero-order valence-electron chi connectivity index (χ0n) is 13.0. The second kappa shape index (κ2) is 9.59. The fraction of sp³-hybridized carbons (Fsp3) is 0.368. The van der Waals surface area contributed by atoms with E-state index < -0.39 is 0 Å². The Kier molecular flexibility index (Phi) is 8.11. The van der Waals surface area contributed by atoms with Crippen molar-refractivity contribution in [1.82, 2.24) is 4.90 Å². The third-order valence-electron chi connectivity index (χ3n) is 3.95. The lowest BCUT2D eigenvalue weighted by Gasteiger charge is -2.24. The fourth-order valence-corrected chi connectivity index (χ4v) is 2.51. The molecule has 0 aliphatic heterocycles. The van der Waals surface area contributed by atoms with E-state index in [1.165, 1.54) is 24.0 Å². The first kappa shape index (κ1) is 17.7. The number of halogens is 1. The molecule has 0 aromatic heterocycles. The number of rotatable bonds is 7. The highest BCUT2D eigenvalue weighted by Crippen LogP contribution is 2.09. The Balaban J connectivity index is 0.00000220. The summed E-state index contributed by atoms with van der Waals surface area (Å²) in [4.78, 5) is 2.47. The van der Waals surface area contributed by atoms with Crippen LogP contribution in [0.25, 0.3) is 0 Å². The SMILES string of the molecule is CC(Cc1ccccc1)N(C)CCCc1ccccc1.Cl. The first-order valence-corrected chi connectivity index (χ1v) is 7.54. The molecule has 0 spiro atoms. The molecule has 1 atom stereocenters. The van der Waals surface area contributed by atoms with Crippen LogP contribution in [0.5, 0.6) is 0 Å². The summed E-state index contributed by atoms with van der Waals surface area (Å²) in [7, 11) is 2.23. The van der Waals surface area contributed by atoms with Gasteiger partial charge in [0, 0.05) is 6.04 Å². The van der Waals surface area contributed by atoms with E-state index >= 15 is 0 Å². The van der Waals surface area contributed by atoms with Crippen LogP contribution >= 0.6 is 12.4 Å². The van der Waals surface area contributed by atoms with E-state index in [4.69, 9.17) is 0 Å². The van der Waals surface area contributed by atoms with Gasteiger partial charge in [-0.3, -0.25) is 0 Å². The highest BCUT2D eigenvalue weighted by Gasteiger charge is 2.09. The normalized spacial score (nSPS) is 12.0. The van der Waals surface area contributed by atoms with Crippen LogP contribution in [-0.2, 0) is 12.8 Å². The van der Waals surface area contributed by atoms with E-state index in [0.29, 0.717) is 6.04 Å². The molecule has 0 fully saturated rings. The molecule has 0 saturated carbocycles. The van der Waals surface area contributed by atoms with Crippen molar-refractivity contribution in [3.05, 3.63) is 71.8 Å². The van der Waals surface area contributed by atoms with Gasteiger partial charge in [-0.2, -0.15) is 0 Å². The van der Waals surface area contributed by atoms with Crippen LogP contribution in [0.15, 0.2) is 60.7 Å². The van der Waals surface area contributed by atoms with Gasteiger partial charge in [0.2, 0.25) is 0 Å². The van der Waals surface area contributed by atoms with Gasteiger partial charge in [0.25, 0.3) is 0 Å². The predicted molar refractivity (Wildman–Crippen MR) is 94.2 cm³/mol. The van der Waals surface area contributed by atoms with Crippen molar-refractivity contribution in [2.45, 2.75) is 32.2 Å². The predicted octanol–water partition coefficient (Wildman–Crippen LogP) is 4.60. The van der Waals surface area contributed by atoms with Crippen LogP contribution in [-0.4, -0.2) is 24.5 Å². The van der Waals surface area contributed by atoms with Crippen LogP contribution in [0, 0.1) is 0 Å². The maximum atomic E-state index is 2.47. The standard InChI is InChI=1S/C19H25N.ClH/c1-17(16-19-12-7-4-8-13-19)20(2)15-9-14-18-10-5-3-6-11-18;/h3-8,10-13,17H,9,14-16H2,1-2H3;1H. The number of likely N-dealkylation sites (N-methyl/N-ethyl adjacent to an activating group) is 1. The van der Waals surface area contributed by atoms with Gasteiger partial charge >= 0.3 is 0 Å². The Morgan fingerprint density at radius 1 is 0.857 bits per heavy atom. The second-order valence-electron chi connectivity index (χ2n) is 5.61. The molecule has 0 amide bonds. The van der Waals surface area contributed by atoms with Gasteiger partial charge < -0.3 is 4.90 Å².